The quantitative estimate of drug-likeness (QED) is 0.817. The summed E-state index contributed by atoms with van der Waals surface area (Å²) in [6.45, 7) is 4.17. The van der Waals surface area contributed by atoms with Crippen molar-refractivity contribution >= 4 is 5.91 Å². The largest absolute Gasteiger partial charge is 0.378 e. The summed E-state index contributed by atoms with van der Waals surface area (Å²) in [6.07, 6.45) is 3.03. The molecule has 5 nitrogen and oxygen atoms in total. The van der Waals surface area contributed by atoms with Gasteiger partial charge in [0, 0.05) is 25.2 Å². The van der Waals surface area contributed by atoms with Crippen LogP contribution in [0.3, 0.4) is 0 Å². The summed E-state index contributed by atoms with van der Waals surface area (Å²) in [5.41, 5.74) is 3.45. The number of carbonyl (C=O) groups excluding carboxylic acids is 1. The number of morpholine rings is 1. The summed E-state index contributed by atoms with van der Waals surface area (Å²) in [6, 6.07) is 17.0. The average Bonchev–Trinajstić information content (AvgIpc) is 3.18. The lowest BCUT2D eigenvalue weighted by atomic mass is 10.1. The van der Waals surface area contributed by atoms with Gasteiger partial charge in [-0.25, -0.2) is 0 Å². The van der Waals surface area contributed by atoms with Crippen LogP contribution in [0.5, 0.6) is 0 Å². The molecule has 1 unspecified atom stereocenters. The van der Waals surface area contributed by atoms with E-state index in [1.54, 1.807) is 0 Å². The first-order chi connectivity index (χ1) is 13.3. The van der Waals surface area contributed by atoms with Crippen LogP contribution in [0.1, 0.15) is 35.8 Å². The van der Waals surface area contributed by atoms with E-state index in [-0.39, 0.29) is 11.9 Å². The van der Waals surface area contributed by atoms with Crippen LogP contribution < -0.4 is 0 Å². The van der Waals surface area contributed by atoms with E-state index in [1.807, 2.05) is 11.0 Å². The maximum atomic E-state index is 12.6. The minimum absolute atomic E-state index is 0.214. The van der Waals surface area contributed by atoms with Crippen LogP contribution >= 0.6 is 0 Å². The van der Waals surface area contributed by atoms with Crippen molar-refractivity contribution in [3.05, 3.63) is 65.5 Å². The molecule has 0 radical (unpaired) electrons. The van der Waals surface area contributed by atoms with Crippen LogP contribution in [0.15, 0.2) is 48.5 Å². The molecule has 2 saturated heterocycles. The smallest absolute Gasteiger partial charge is 0.236 e. The number of pyridine rings is 1. The van der Waals surface area contributed by atoms with Gasteiger partial charge in [0.15, 0.2) is 0 Å². The van der Waals surface area contributed by atoms with E-state index in [4.69, 9.17) is 9.72 Å². The summed E-state index contributed by atoms with van der Waals surface area (Å²) in [7, 11) is 0. The van der Waals surface area contributed by atoms with Gasteiger partial charge in [0.1, 0.15) is 0 Å². The molecule has 3 heterocycles. The lowest BCUT2D eigenvalue weighted by Gasteiger charge is -2.30. The minimum atomic E-state index is 0.214. The fourth-order valence-electron chi connectivity index (χ4n) is 4.02. The van der Waals surface area contributed by atoms with E-state index in [0.717, 1.165) is 37.2 Å². The van der Waals surface area contributed by atoms with Crippen molar-refractivity contribution in [1.29, 1.82) is 0 Å². The van der Waals surface area contributed by atoms with Gasteiger partial charge in [0.25, 0.3) is 0 Å². The zero-order chi connectivity index (χ0) is 18.5. The van der Waals surface area contributed by atoms with Gasteiger partial charge in [0.05, 0.1) is 31.5 Å². The molecule has 142 valence electrons. The fourth-order valence-corrected chi connectivity index (χ4v) is 4.02. The van der Waals surface area contributed by atoms with Crippen molar-refractivity contribution in [3.63, 3.8) is 0 Å². The highest BCUT2D eigenvalue weighted by Crippen LogP contribution is 2.31. The highest BCUT2D eigenvalue weighted by Gasteiger charge is 2.30. The third-order valence-electron chi connectivity index (χ3n) is 5.46. The van der Waals surface area contributed by atoms with E-state index >= 15 is 0 Å². The molecule has 0 bridgehead atoms. The Labute approximate surface area is 161 Å². The van der Waals surface area contributed by atoms with E-state index in [9.17, 15) is 4.79 Å². The van der Waals surface area contributed by atoms with Crippen LogP contribution in [-0.2, 0) is 16.0 Å². The first-order valence-electron chi connectivity index (χ1n) is 9.89. The first kappa shape index (κ1) is 18.1. The van der Waals surface area contributed by atoms with E-state index in [1.165, 1.54) is 5.56 Å². The standard InChI is InChI=1S/C22H27N3O2/c26-22(24-12-14-27-15-13-24)17-25-11-5-10-21(25)20-9-4-8-19(23-20)16-18-6-2-1-3-7-18/h1-4,6-9,21H,5,10-17H2. The molecule has 2 aliphatic rings. The van der Waals surface area contributed by atoms with Crippen molar-refractivity contribution in [2.24, 2.45) is 0 Å². The van der Waals surface area contributed by atoms with Crippen LogP contribution in [0.25, 0.3) is 0 Å². The van der Waals surface area contributed by atoms with Gasteiger partial charge in [0.2, 0.25) is 5.91 Å². The van der Waals surface area contributed by atoms with Crippen molar-refractivity contribution in [3.8, 4) is 0 Å². The second kappa shape index (κ2) is 8.63. The summed E-state index contributed by atoms with van der Waals surface area (Å²) in [5, 5.41) is 0. The number of aromatic nitrogens is 1. The maximum Gasteiger partial charge on any atom is 0.236 e. The lowest BCUT2D eigenvalue weighted by Crippen LogP contribution is -2.45. The Morgan fingerprint density at radius 3 is 2.67 bits per heavy atom. The number of ether oxygens (including phenoxy) is 1. The molecule has 0 spiro atoms. The molecular weight excluding hydrogens is 338 g/mol. The van der Waals surface area contributed by atoms with Crippen LogP contribution in [-0.4, -0.2) is 60.1 Å². The van der Waals surface area contributed by atoms with Crippen molar-refractivity contribution in [1.82, 2.24) is 14.8 Å². The number of hydrogen-bond acceptors (Lipinski definition) is 4. The summed E-state index contributed by atoms with van der Waals surface area (Å²) < 4.78 is 5.35. The number of nitrogens with zero attached hydrogens (tertiary/aromatic N) is 3. The zero-order valence-electron chi connectivity index (χ0n) is 15.7. The molecule has 27 heavy (non-hydrogen) atoms. The van der Waals surface area contributed by atoms with Gasteiger partial charge in [-0.1, -0.05) is 36.4 Å². The van der Waals surface area contributed by atoms with Crippen LogP contribution in [0.2, 0.25) is 0 Å². The molecule has 1 amide bonds. The predicted octanol–water partition coefficient (Wildman–Crippen LogP) is 2.67. The molecule has 0 saturated carbocycles. The van der Waals surface area contributed by atoms with Crippen LogP contribution in [0.4, 0.5) is 0 Å². The number of rotatable bonds is 5. The molecule has 0 aliphatic carbocycles. The minimum Gasteiger partial charge on any atom is -0.378 e. The van der Waals surface area contributed by atoms with Crippen molar-refractivity contribution < 1.29 is 9.53 Å². The fraction of sp³-hybridized carbons (Fsp3) is 0.455. The van der Waals surface area contributed by atoms with E-state index in [0.29, 0.717) is 32.8 Å². The number of hydrogen-bond donors (Lipinski definition) is 0. The molecule has 1 aromatic heterocycles. The zero-order valence-corrected chi connectivity index (χ0v) is 15.7. The number of likely N-dealkylation sites (tertiary alicyclic amines) is 1. The Hall–Kier alpha value is -2.24. The topological polar surface area (TPSA) is 45.7 Å². The normalized spacial score (nSPS) is 20.7. The Morgan fingerprint density at radius 2 is 1.85 bits per heavy atom. The summed E-state index contributed by atoms with van der Waals surface area (Å²) >= 11 is 0. The molecular formula is C22H27N3O2. The van der Waals surface area contributed by atoms with Crippen molar-refractivity contribution in [2.45, 2.75) is 25.3 Å². The van der Waals surface area contributed by atoms with E-state index < -0.39 is 0 Å². The highest BCUT2D eigenvalue weighted by atomic mass is 16.5. The molecule has 1 aromatic carbocycles. The van der Waals surface area contributed by atoms with Gasteiger partial charge in [-0.05, 0) is 37.1 Å². The number of amides is 1. The van der Waals surface area contributed by atoms with Gasteiger partial charge in [-0.15, -0.1) is 0 Å². The number of carbonyl (C=O) groups is 1. The Balaban J connectivity index is 1.43. The number of benzene rings is 1. The lowest BCUT2D eigenvalue weighted by molar-refractivity contribution is -0.136. The second-order valence-electron chi connectivity index (χ2n) is 7.34. The third kappa shape index (κ3) is 4.54. The molecule has 2 aliphatic heterocycles. The average molecular weight is 365 g/mol. The second-order valence-corrected chi connectivity index (χ2v) is 7.34. The Morgan fingerprint density at radius 1 is 1.04 bits per heavy atom. The molecule has 5 heteroatoms. The molecule has 2 fully saturated rings. The van der Waals surface area contributed by atoms with Gasteiger partial charge in [-0.3, -0.25) is 14.7 Å². The maximum absolute atomic E-state index is 12.6. The van der Waals surface area contributed by atoms with E-state index in [2.05, 4.69) is 47.4 Å². The Kier molecular flexibility index (Phi) is 5.80. The molecule has 1 atom stereocenters. The van der Waals surface area contributed by atoms with Crippen molar-refractivity contribution in [2.75, 3.05) is 39.4 Å². The van der Waals surface area contributed by atoms with Gasteiger partial charge >= 0.3 is 0 Å². The third-order valence-corrected chi connectivity index (χ3v) is 5.46. The molecule has 4 rings (SSSR count). The highest BCUT2D eigenvalue weighted by molar-refractivity contribution is 5.78. The van der Waals surface area contributed by atoms with Gasteiger partial charge in [-0.2, -0.15) is 0 Å². The van der Waals surface area contributed by atoms with Gasteiger partial charge < -0.3 is 9.64 Å². The Bertz CT molecular complexity index is 759. The van der Waals surface area contributed by atoms with Crippen LogP contribution in [0, 0.1) is 0 Å². The molecule has 2 aromatic rings. The predicted molar refractivity (Wildman–Crippen MR) is 104 cm³/mol. The molecule has 0 N–H and O–H groups in total. The SMILES string of the molecule is O=C(CN1CCCC1c1cccc(Cc2ccccc2)n1)N1CCOCC1. The first-order valence-corrected chi connectivity index (χ1v) is 9.89. The summed E-state index contributed by atoms with van der Waals surface area (Å²) in [4.78, 5) is 21.8. The monoisotopic (exact) mass is 365 g/mol. The summed E-state index contributed by atoms with van der Waals surface area (Å²) in [5.74, 6) is 0.214.